The van der Waals surface area contributed by atoms with Gasteiger partial charge < -0.3 is 14.6 Å². The largest absolute Gasteiger partial charge is 0.481 e. The van der Waals surface area contributed by atoms with Crippen molar-refractivity contribution in [3.8, 4) is 5.75 Å². The first kappa shape index (κ1) is 20.5. The van der Waals surface area contributed by atoms with Crippen molar-refractivity contribution in [1.29, 1.82) is 0 Å². The van der Waals surface area contributed by atoms with Gasteiger partial charge in [-0.25, -0.2) is 9.78 Å². The van der Waals surface area contributed by atoms with Crippen molar-refractivity contribution < 1.29 is 24.2 Å². The maximum Gasteiger partial charge on any atom is 0.358 e. The van der Waals surface area contributed by atoms with E-state index in [1.54, 1.807) is 25.3 Å². The van der Waals surface area contributed by atoms with E-state index in [9.17, 15) is 19.5 Å². The molecule has 0 aliphatic heterocycles. The standard InChI is InChI=1S/C18H20N2O6S/c1-3-25-13(21)9-10-20-16(22)15(14(17(23)24)19-18(20)27-2)26-11-12-7-5-4-6-8-12/h4-8H,3,9-11H2,1-2H3,(H,23,24). The lowest BCUT2D eigenvalue weighted by Crippen LogP contribution is -2.29. The van der Waals surface area contributed by atoms with E-state index in [0.717, 1.165) is 17.3 Å². The Hall–Kier alpha value is -2.81. The van der Waals surface area contributed by atoms with Crippen LogP contribution in [0.2, 0.25) is 0 Å². The number of thioether (sulfide) groups is 1. The summed E-state index contributed by atoms with van der Waals surface area (Å²) in [6.07, 6.45) is 1.63. The Bertz CT molecular complexity index is 866. The fraction of sp³-hybridized carbons (Fsp3) is 0.333. The zero-order chi connectivity index (χ0) is 19.8. The molecule has 0 unspecified atom stereocenters. The Morgan fingerprint density at radius 3 is 2.56 bits per heavy atom. The zero-order valence-corrected chi connectivity index (χ0v) is 15.8. The van der Waals surface area contributed by atoms with Crippen molar-refractivity contribution in [1.82, 2.24) is 9.55 Å². The van der Waals surface area contributed by atoms with Crippen molar-refractivity contribution in [3.63, 3.8) is 0 Å². The van der Waals surface area contributed by atoms with E-state index in [1.807, 2.05) is 18.2 Å². The molecule has 9 heteroatoms. The fourth-order valence-corrected chi connectivity index (χ4v) is 2.89. The summed E-state index contributed by atoms with van der Waals surface area (Å²) in [5, 5.41) is 9.60. The molecule has 144 valence electrons. The number of aromatic carboxylic acids is 1. The number of carboxylic acids is 1. The first-order valence-electron chi connectivity index (χ1n) is 8.22. The average Bonchev–Trinajstić information content (AvgIpc) is 2.66. The molecule has 1 heterocycles. The van der Waals surface area contributed by atoms with Gasteiger partial charge in [-0.05, 0) is 18.7 Å². The van der Waals surface area contributed by atoms with Crippen LogP contribution >= 0.6 is 11.8 Å². The highest BCUT2D eigenvalue weighted by molar-refractivity contribution is 7.98. The molecule has 1 aromatic carbocycles. The number of nitrogens with zero attached hydrogens (tertiary/aromatic N) is 2. The summed E-state index contributed by atoms with van der Waals surface area (Å²) in [5.74, 6) is -2.17. The monoisotopic (exact) mass is 392 g/mol. The quantitative estimate of drug-likeness (QED) is 0.393. The number of carbonyl (C=O) groups excluding carboxylic acids is 1. The SMILES string of the molecule is CCOC(=O)CCn1c(SC)nc(C(=O)O)c(OCc2ccccc2)c1=O. The van der Waals surface area contributed by atoms with Crippen LogP contribution < -0.4 is 10.3 Å². The number of esters is 1. The second kappa shape index (κ2) is 9.77. The van der Waals surface area contributed by atoms with E-state index in [4.69, 9.17) is 9.47 Å². The molecule has 0 atom stereocenters. The third-order valence-corrected chi connectivity index (χ3v) is 4.23. The molecule has 0 saturated carbocycles. The molecule has 0 amide bonds. The summed E-state index contributed by atoms with van der Waals surface area (Å²) in [7, 11) is 0. The van der Waals surface area contributed by atoms with Crippen LogP contribution in [-0.2, 0) is 22.7 Å². The van der Waals surface area contributed by atoms with E-state index in [0.29, 0.717) is 0 Å². The molecule has 0 radical (unpaired) electrons. The Morgan fingerprint density at radius 1 is 1.26 bits per heavy atom. The predicted molar refractivity (Wildman–Crippen MR) is 99.3 cm³/mol. The van der Waals surface area contributed by atoms with Gasteiger partial charge in [0.1, 0.15) is 6.61 Å². The van der Waals surface area contributed by atoms with E-state index in [-0.39, 0.29) is 37.1 Å². The lowest BCUT2D eigenvalue weighted by molar-refractivity contribution is -0.143. The molecule has 0 aliphatic rings. The van der Waals surface area contributed by atoms with Gasteiger partial charge >= 0.3 is 11.9 Å². The van der Waals surface area contributed by atoms with Gasteiger partial charge in [0.25, 0.3) is 5.56 Å². The first-order valence-corrected chi connectivity index (χ1v) is 9.44. The van der Waals surface area contributed by atoms with Gasteiger partial charge in [-0.1, -0.05) is 42.1 Å². The molecule has 2 aromatic rings. The molecule has 1 N–H and O–H groups in total. The summed E-state index contributed by atoms with van der Waals surface area (Å²) in [5.41, 5.74) is -0.320. The van der Waals surface area contributed by atoms with E-state index < -0.39 is 23.2 Å². The van der Waals surface area contributed by atoms with Crippen LogP contribution in [0.3, 0.4) is 0 Å². The number of benzene rings is 1. The van der Waals surface area contributed by atoms with Crippen LogP contribution in [0.15, 0.2) is 40.3 Å². The second-order valence-electron chi connectivity index (χ2n) is 5.37. The van der Waals surface area contributed by atoms with E-state index in [2.05, 4.69) is 4.98 Å². The van der Waals surface area contributed by atoms with Crippen molar-refractivity contribution in [2.45, 2.75) is 31.7 Å². The molecule has 0 fully saturated rings. The van der Waals surface area contributed by atoms with Crippen molar-refractivity contribution in [3.05, 3.63) is 51.9 Å². The zero-order valence-electron chi connectivity index (χ0n) is 15.0. The second-order valence-corrected chi connectivity index (χ2v) is 6.14. The number of carbonyl (C=O) groups is 2. The number of aromatic nitrogens is 2. The Kier molecular flexibility index (Phi) is 7.42. The lowest BCUT2D eigenvalue weighted by atomic mass is 10.2. The van der Waals surface area contributed by atoms with Crippen LogP contribution in [-0.4, -0.2) is 39.5 Å². The maximum atomic E-state index is 12.8. The van der Waals surface area contributed by atoms with Crippen LogP contribution in [0.5, 0.6) is 5.75 Å². The normalized spacial score (nSPS) is 10.4. The molecule has 27 heavy (non-hydrogen) atoms. The predicted octanol–water partition coefficient (Wildman–Crippen LogP) is 2.20. The number of ether oxygens (including phenoxy) is 2. The molecule has 0 saturated heterocycles. The van der Waals surface area contributed by atoms with Gasteiger partial charge in [-0.15, -0.1) is 0 Å². The summed E-state index contributed by atoms with van der Waals surface area (Å²) < 4.78 is 11.6. The van der Waals surface area contributed by atoms with Crippen molar-refractivity contribution in [2.75, 3.05) is 12.9 Å². The highest BCUT2D eigenvalue weighted by Gasteiger charge is 2.23. The number of carboxylic acid groups (broad SMARTS) is 1. The van der Waals surface area contributed by atoms with Crippen LogP contribution in [0.1, 0.15) is 29.4 Å². The Morgan fingerprint density at radius 2 is 1.96 bits per heavy atom. The highest BCUT2D eigenvalue weighted by Crippen LogP contribution is 2.19. The molecular weight excluding hydrogens is 372 g/mol. The summed E-state index contributed by atoms with van der Waals surface area (Å²) in [4.78, 5) is 40.0. The van der Waals surface area contributed by atoms with Gasteiger partial charge in [-0.2, -0.15) is 0 Å². The third-order valence-electron chi connectivity index (χ3n) is 3.55. The molecular formula is C18H20N2O6S. The summed E-state index contributed by atoms with van der Waals surface area (Å²) in [6.45, 7) is 1.97. The smallest absolute Gasteiger partial charge is 0.358 e. The minimum Gasteiger partial charge on any atom is -0.481 e. The minimum absolute atomic E-state index is 0.0163. The number of hydrogen-bond donors (Lipinski definition) is 1. The molecule has 0 spiro atoms. The molecule has 8 nitrogen and oxygen atoms in total. The maximum absolute atomic E-state index is 12.8. The fourth-order valence-electron chi connectivity index (χ4n) is 2.31. The third kappa shape index (κ3) is 5.33. The Labute approximate surface area is 160 Å². The van der Waals surface area contributed by atoms with Crippen LogP contribution in [0.4, 0.5) is 0 Å². The molecule has 0 aliphatic carbocycles. The summed E-state index contributed by atoms with van der Waals surface area (Å²) >= 11 is 1.11. The highest BCUT2D eigenvalue weighted by atomic mass is 32.2. The van der Waals surface area contributed by atoms with Crippen LogP contribution in [0, 0.1) is 0 Å². The average molecular weight is 392 g/mol. The molecule has 0 bridgehead atoms. The van der Waals surface area contributed by atoms with Gasteiger partial charge in [0.15, 0.2) is 10.9 Å². The minimum atomic E-state index is -1.36. The molecule has 2 rings (SSSR count). The van der Waals surface area contributed by atoms with Crippen LogP contribution in [0.25, 0.3) is 0 Å². The van der Waals surface area contributed by atoms with E-state index in [1.165, 1.54) is 4.57 Å². The number of hydrogen-bond acceptors (Lipinski definition) is 7. The van der Waals surface area contributed by atoms with E-state index >= 15 is 0 Å². The van der Waals surface area contributed by atoms with Gasteiger partial charge in [-0.3, -0.25) is 14.2 Å². The van der Waals surface area contributed by atoms with Crippen molar-refractivity contribution >= 4 is 23.7 Å². The molecule has 1 aromatic heterocycles. The topological polar surface area (TPSA) is 108 Å². The van der Waals surface area contributed by atoms with Gasteiger partial charge in [0.2, 0.25) is 5.75 Å². The summed E-state index contributed by atoms with van der Waals surface area (Å²) in [6, 6.07) is 9.04. The first-order chi connectivity index (χ1) is 13.0. The van der Waals surface area contributed by atoms with Gasteiger partial charge in [0, 0.05) is 6.54 Å². The van der Waals surface area contributed by atoms with Gasteiger partial charge in [0.05, 0.1) is 13.0 Å². The number of rotatable bonds is 9. The Balaban J connectivity index is 2.37. The van der Waals surface area contributed by atoms with Crippen molar-refractivity contribution in [2.24, 2.45) is 0 Å². The lowest BCUT2D eigenvalue weighted by Gasteiger charge is -2.14.